The SMILES string of the molecule is CC(C)=CCCC(=O)C1CCC(C)CC1O. The number of aliphatic hydroxyl groups excluding tert-OH is 1. The topological polar surface area (TPSA) is 37.3 Å². The lowest BCUT2D eigenvalue weighted by Gasteiger charge is -2.30. The van der Waals surface area contributed by atoms with Gasteiger partial charge in [0.15, 0.2) is 0 Å². The summed E-state index contributed by atoms with van der Waals surface area (Å²) < 4.78 is 0. The molecule has 0 spiro atoms. The minimum absolute atomic E-state index is 0.0956. The predicted octanol–water partition coefficient (Wildman–Crippen LogP) is 3.10. The third-order valence-electron chi connectivity index (χ3n) is 3.44. The summed E-state index contributed by atoms with van der Waals surface area (Å²) in [4.78, 5) is 11.9. The van der Waals surface area contributed by atoms with Crippen LogP contribution in [0.1, 0.15) is 52.9 Å². The van der Waals surface area contributed by atoms with Gasteiger partial charge in [-0.25, -0.2) is 0 Å². The highest BCUT2D eigenvalue weighted by Gasteiger charge is 2.31. The fourth-order valence-corrected chi connectivity index (χ4v) is 2.41. The van der Waals surface area contributed by atoms with E-state index in [-0.39, 0.29) is 11.7 Å². The van der Waals surface area contributed by atoms with Crippen LogP contribution in [0, 0.1) is 11.8 Å². The average molecular weight is 224 g/mol. The summed E-state index contributed by atoms with van der Waals surface area (Å²) in [7, 11) is 0. The maximum Gasteiger partial charge on any atom is 0.138 e. The highest BCUT2D eigenvalue weighted by atomic mass is 16.3. The quantitative estimate of drug-likeness (QED) is 0.745. The summed E-state index contributed by atoms with van der Waals surface area (Å²) in [6.07, 6.45) is 5.84. The number of carbonyl (C=O) groups is 1. The molecule has 1 saturated carbocycles. The van der Waals surface area contributed by atoms with E-state index in [1.807, 2.05) is 13.8 Å². The minimum Gasteiger partial charge on any atom is -0.392 e. The molecule has 0 aromatic carbocycles. The van der Waals surface area contributed by atoms with Gasteiger partial charge in [-0.15, -0.1) is 0 Å². The molecule has 1 fully saturated rings. The first-order valence-corrected chi connectivity index (χ1v) is 6.35. The van der Waals surface area contributed by atoms with E-state index in [4.69, 9.17) is 0 Å². The number of hydrogen-bond acceptors (Lipinski definition) is 2. The molecule has 0 aromatic heterocycles. The van der Waals surface area contributed by atoms with Gasteiger partial charge in [0, 0.05) is 12.3 Å². The van der Waals surface area contributed by atoms with Crippen molar-refractivity contribution in [2.75, 3.05) is 0 Å². The summed E-state index contributed by atoms with van der Waals surface area (Å²) >= 11 is 0. The van der Waals surface area contributed by atoms with Crippen LogP contribution in [0.15, 0.2) is 11.6 Å². The Morgan fingerprint density at radius 1 is 1.38 bits per heavy atom. The zero-order chi connectivity index (χ0) is 12.1. The molecule has 0 heterocycles. The van der Waals surface area contributed by atoms with Crippen LogP contribution in [0.5, 0.6) is 0 Å². The van der Waals surface area contributed by atoms with Gasteiger partial charge in [0.05, 0.1) is 6.10 Å². The van der Waals surface area contributed by atoms with Crippen molar-refractivity contribution in [2.24, 2.45) is 11.8 Å². The third kappa shape index (κ3) is 4.09. The molecule has 0 aliphatic heterocycles. The van der Waals surface area contributed by atoms with Gasteiger partial charge in [-0.3, -0.25) is 4.79 Å². The van der Waals surface area contributed by atoms with Crippen molar-refractivity contribution in [1.29, 1.82) is 0 Å². The summed E-state index contributed by atoms with van der Waals surface area (Å²) in [6.45, 7) is 6.23. The Kier molecular flexibility index (Phi) is 5.20. The van der Waals surface area contributed by atoms with Crippen LogP contribution < -0.4 is 0 Å². The van der Waals surface area contributed by atoms with Crippen molar-refractivity contribution in [2.45, 2.75) is 59.0 Å². The molecule has 2 heteroatoms. The Labute approximate surface area is 98.7 Å². The van der Waals surface area contributed by atoms with Crippen molar-refractivity contribution >= 4 is 5.78 Å². The van der Waals surface area contributed by atoms with Gasteiger partial charge < -0.3 is 5.11 Å². The number of aliphatic hydroxyl groups is 1. The molecule has 1 rings (SSSR count). The lowest BCUT2D eigenvalue weighted by molar-refractivity contribution is -0.128. The van der Waals surface area contributed by atoms with Crippen molar-refractivity contribution in [1.82, 2.24) is 0 Å². The van der Waals surface area contributed by atoms with Gasteiger partial charge in [0.2, 0.25) is 0 Å². The van der Waals surface area contributed by atoms with Crippen molar-refractivity contribution in [3.8, 4) is 0 Å². The monoisotopic (exact) mass is 224 g/mol. The van der Waals surface area contributed by atoms with Crippen LogP contribution in [-0.4, -0.2) is 17.0 Å². The summed E-state index contributed by atoms with van der Waals surface area (Å²) in [5, 5.41) is 9.88. The number of Topliss-reactive ketones (excluding diaryl/α,β-unsaturated/α-hetero) is 1. The van der Waals surface area contributed by atoms with Crippen LogP contribution in [0.3, 0.4) is 0 Å². The van der Waals surface area contributed by atoms with Crippen molar-refractivity contribution < 1.29 is 9.90 Å². The smallest absolute Gasteiger partial charge is 0.138 e. The van der Waals surface area contributed by atoms with E-state index in [2.05, 4.69) is 13.0 Å². The van der Waals surface area contributed by atoms with E-state index >= 15 is 0 Å². The second-order valence-corrected chi connectivity index (χ2v) is 5.38. The zero-order valence-corrected chi connectivity index (χ0v) is 10.7. The average Bonchev–Trinajstić information content (AvgIpc) is 2.16. The van der Waals surface area contributed by atoms with Crippen molar-refractivity contribution in [3.63, 3.8) is 0 Å². The molecule has 2 nitrogen and oxygen atoms in total. The van der Waals surface area contributed by atoms with Crippen LogP contribution in [0.25, 0.3) is 0 Å². The van der Waals surface area contributed by atoms with Crippen LogP contribution in [0.4, 0.5) is 0 Å². The van der Waals surface area contributed by atoms with Gasteiger partial charge in [-0.1, -0.05) is 18.6 Å². The standard InChI is InChI=1S/C14H24O2/c1-10(2)5-4-6-13(15)12-8-7-11(3)9-14(12)16/h5,11-12,14,16H,4,6-9H2,1-3H3. The van der Waals surface area contributed by atoms with E-state index in [0.29, 0.717) is 12.3 Å². The first kappa shape index (κ1) is 13.4. The molecular formula is C14H24O2. The number of hydrogen-bond donors (Lipinski definition) is 1. The van der Waals surface area contributed by atoms with Gasteiger partial charge in [-0.05, 0) is 45.4 Å². The van der Waals surface area contributed by atoms with E-state index in [1.54, 1.807) is 0 Å². The minimum atomic E-state index is -0.400. The molecule has 0 aromatic rings. The molecule has 3 atom stereocenters. The van der Waals surface area contributed by atoms with Gasteiger partial charge in [-0.2, -0.15) is 0 Å². The second kappa shape index (κ2) is 6.19. The number of carbonyl (C=O) groups excluding carboxylic acids is 1. The summed E-state index contributed by atoms with van der Waals surface area (Å²) in [5.74, 6) is 0.718. The number of ketones is 1. The Bertz CT molecular complexity index is 264. The Balaban J connectivity index is 2.39. The Morgan fingerprint density at radius 2 is 2.06 bits per heavy atom. The lowest BCUT2D eigenvalue weighted by Crippen LogP contribution is -2.34. The molecule has 1 N–H and O–H groups in total. The predicted molar refractivity (Wildman–Crippen MR) is 66.2 cm³/mol. The lowest BCUT2D eigenvalue weighted by atomic mass is 9.78. The summed E-state index contributed by atoms with van der Waals surface area (Å²) in [5.41, 5.74) is 1.26. The number of allylic oxidation sites excluding steroid dienone is 2. The van der Waals surface area contributed by atoms with Crippen LogP contribution in [-0.2, 0) is 4.79 Å². The molecule has 0 bridgehead atoms. The molecule has 1 aliphatic carbocycles. The van der Waals surface area contributed by atoms with E-state index < -0.39 is 6.10 Å². The van der Waals surface area contributed by atoms with E-state index in [0.717, 1.165) is 25.7 Å². The molecule has 0 saturated heterocycles. The highest BCUT2D eigenvalue weighted by Crippen LogP contribution is 2.30. The highest BCUT2D eigenvalue weighted by molar-refractivity contribution is 5.81. The molecule has 0 radical (unpaired) electrons. The number of rotatable bonds is 4. The maximum absolute atomic E-state index is 11.9. The molecule has 3 unspecified atom stereocenters. The zero-order valence-electron chi connectivity index (χ0n) is 10.7. The molecule has 0 amide bonds. The van der Waals surface area contributed by atoms with Crippen LogP contribution in [0.2, 0.25) is 0 Å². The maximum atomic E-state index is 11.9. The third-order valence-corrected chi connectivity index (χ3v) is 3.44. The molecule has 16 heavy (non-hydrogen) atoms. The van der Waals surface area contributed by atoms with Gasteiger partial charge >= 0.3 is 0 Å². The Morgan fingerprint density at radius 3 is 2.62 bits per heavy atom. The first-order chi connectivity index (χ1) is 7.50. The van der Waals surface area contributed by atoms with Gasteiger partial charge in [0.25, 0.3) is 0 Å². The van der Waals surface area contributed by atoms with Crippen molar-refractivity contribution in [3.05, 3.63) is 11.6 Å². The Hall–Kier alpha value is -0.630. The normalized spacial score (nSPS) is 29.9. The summed E-state index contributed by atoms with van der Waals surface area (Å²) in [6, 6.07) is 0. The van der Waals surface area contributed by atoms with Crippen LogP contribution >= 0.6 is 0 Å². The van der Waals surface area contributed by atoms with Gasteiger partial charge in [0.1, 0.15) is 5.78 Å². The van der Waals surface area contributed by atoms with E-state index in [1.165, 1.54) is 5.57 Å². The fourth-order valence-electron chi connectivity index (χ4n) is 2.41. The molecule has 92 valence electrons. The fraction of sp³-hybridized carbons (Fsp3) is 0.786. The second-order valence-electron chi connectivity index (χ2n) is 5.38. The largest absolute Gasteiger partial charge is 0.392 e. The van der Waals surface area contributed by atoms with E-state index in [9.17, 15) is 9.90 Å². The molecule has 1 aliphatic rings. The first-order valence-electron chi connectivity index (χ1n) is 6.35. The molecular weight excluding hydrogens is 200 g/mol.